The first-order valence-electron chi connectivity index (χ1n) is 4.93. The van der Waals surface area contributed by atoms with Crippen molar-refractivity contribution in [2.45, 2.75) is 33.3 Å². The van der Waals surface area contributed by atoms with Gasteiger partial charge in [-0.25, -0.2) is 0 Å². The SMILES string of the molecule is Cc1cc(C)c(C(O)CCS)c(C)c1. The number of rotatable bonds is 3. The van der Waals surface area contributed by atoms with Gasteiger partial charge in [0.2, 0.25) is 0 Å². The van der Waals surface area contributed by atoms with Crippen LogP contribution in [0.3, 0.4) is 0 Å². The van der Waals surface area contributed by atoms with Gasteiger partial charge in [-0.3, -0.25) is 0 Å². The van der Waals surface area contributed by atoms with Crippen LogP contribution in [0.1, 0.15) is 34.8 Å². The summed E-state index contributed by atoms with van der Waals surface area (Å²) in [6.45, 7) is 6.18. The van der Waals surface area contributed by atoms with E-state index in [1.807, 2.05) is 0 Å². The molecule has 1 rings (SSSR count). The molecule has 0 amide bonds. The first kappa shape index (κ1) is 11.6. The van der Waals surface area contributed by atoms with Crippen molar-refractivity contribution in [3.63, 3.8) is 0 Å². The van der Waals surface area contributed by atoms with Gasteiger partial charge in [0.15, 0.2) is 0 Å². The lowest BCUT2D eigenvalue weighted by molar-refractivity contribution is 0.173. The number of hydrogen-bond acceptors (Lipinski definition) is 2. The maximum Gasteiger partial charge on any atom is 0.0802 e. The summed E-state index contributed by atoms with van der Waals surface area (Å²) in [5, 5.41) is 9.92. The molecule has 2 heteroatoms. The Kier molecular flexibility index (Phi) is 4.02. The lowest BCUT2D eigenvalue weighted by atomic mass is 9.94. The summed E-state index contributed by atoms with van der Waals surface area (Å²) < 4.78 is 0. The summed E-state index contributed by atoms with van der Waals surface area (Å²) >= 11 is 4.14. The van der Waals surface area contributed by atoms with Crippen LogP contribution < -0.4 is 0 Å². The van der Waals surface area contributed by atoms with Crippen molar-refractivity contribution in [3.05, 3.63) is 34.4 Å². The van der Waals surface area contributed by atoms with Gasteiger partial charge in [0.1, 0.15) is 0 Å². The Morgan fingerprint density at radius 2 is 1.71 bits per heavy atom. The quantitative estimate of drug-likeness (QED) is 0.735. The summed E-state index contributed by atoms with van der Waals surface area (Å²) in [5.74, 6) is 0.716. The van der Waals surface area contributed by atoms with Crippen molar-refractivity contribution in [1.82, 2.24) is 0 Å². The maximum absolute atomic E-state index is 9.92. The van der Waals surface area contributed by atoms with Crippen LogP contribution in [-0.2, 0) is 0 Å². The molecule has 78 valence electrons. The lowest BCUT2D eigenvalue weighted by Crippen LogP contribution is -2.04. The molecule has 0 saturated carbocycles. The predicted octanol–water partition coefficient (Wildman–Crippen LogP) is 2.97. The number of aryl methyl sites for hydroxylation is 3. The molecule has 1 atom stereocenters. The highest BCUT2D eigenvalue weighted by molar-refractivity contribution is 7.80. The third-order valence-electron chi connectivity index (χ3n) is 2.47. The molecule has 0 aliphatic rings. The van der Waals surface area contributed by atoms with Gasteiger partial charge in [-0.1, -0.05) is 17.7 Å². The number of aliphatic hydroxyl groups is 1. The average Bonchev–Trinajstić information content (AvgIpc) is 2.01. The largest absolute Gasteiger partial charge is 0.388 e. The first-order chi connectivity index (χ1) is 6.56. The van der Waals surface area contributed by atoms with E-state index < -0.39 is 0 Å². The topological polar surface area (TPSA) is 20.2 Å². The third kappa shape index (κ3) is 2.52. The molecule has 1 nitrogen and oxygen atoms in total. The second kappa shape index (κ2) is 4.85. The summed E-state index contributed by atoms with van der Waals surface area (Å²) in [6, 6.07) is 4.23. The standard InChI is InChI=1S/C12H18OS/c1-8-6-9(2)12(10(3)7-8)11(13)4-5-14/h6-7,11,13-14H,4-5H2,1-3H3. The van der Waals surface area contributed by atoms with E-state index in [0.717, 1.165) is 5.56 Å². The molecule has 0 aliphatic carbocycles. The van der Waals surface area contributed by atoms with E-state index in [2.05, 4.69) is 45.5 Å². The zero-order valence-electron chi connectivity index (χ0n) is 9.04. The fourth-order valence-electron chi connectivity index (χ4n) is 1.98. The lowest BCUT2D eigenvalue weighted by Gasteiger charge is -2.16. The summed E-state index contributed by atoms with van der Waals surface area (Å²) in [5.41, 5.74) is 4.68. The van der Waals surface area contributed by atoms with Gasteiger partial charge >= 0.3 is 0 Å². The molecule has 0 spiro atoms. The Morgan fingerprint density at radius 3 is 2.14 bits per heavy atom. The van der Waals surface area contributed by atoms with Crippen LogP contribution in [0.5, 0.6) is 0 Å². The Morgan fingerprint density at radius 1 is 1.21 bits per heavy atom. The van der Waals surface area contributed by atoms with Crippen LogP contribution in [0.25, 0.3) is 0 Å². The van der Waals surface area contributed by atoms with E-state index in [1.165, 1.54) is 16.7 Å². The molecule has 1 aromatic rings. The van der Waals surface area contributed by atoms with Crippen molar-refractivity contribution in [3.8, 4) is 0 Å². The summed E-state index contributed by atoms with van der Waals surface area (Å²) in [4.78, 5) is 0. The van der Waals surface area contributed by atoms with Crippen molar-refractivity contribution >= 4 is 12.6 Å². The van der Waals surface area contributed by atoms with E-state index in [-0.39, 0.29) is 6.10 Å². The second-order valence-corrected chi connectivity index (χ2v) is 4.29. The number of aliphatic hydroxyl groups excluding tert-OH is 1. The van der Waals surface area contributed by atoms with Gasteiger partial charge in [-0.2, -0.15) is 12.6 Å². The minimum Gasteiger partial charge on any atom is -0.388 e. The normalized spacial score (nSPS) is 12.9. The number of thiol groups is 1. The maximum atomic E-state index is 9.92. The van der Waals surface area contributed by atoms with Gasteiger partial charge in [0.25, 0.3) is 0 Å². The van der Waals surface area contributed by atoms with Crippen LogP contribution in [0.4, 0.5) is 0 Å². The molecule has 0 fully saturated rings. The van der Waals surface area contributed by atoms with Crippen molar-refractivity contribution < 1.29 is 5.11 Å². The van der Waals surface area contributed by atoms with Crippen LogP contribution in [0, 0.1) is 20.8 Å². The summed E-state index contributed by atoms with van der Waals surface area (Å²) in [6.07, 6.45) is 0.349. The van der Waals surface area contributed by atoms with E-state index in [9.17, 15) is 5.11 Å². The van der Waals surface area contributed by atoms with E-state index >= 15 is 0 Å². The third-order valence-corrected chi connectivity index (χ3v) is 2.73. The van der Waals surface area contributed by atoms with Gasteiger partial charge in [0.05, 0.1) is 6.10 Å². The number of hydrogen-bond donors (Lipinski definition) is 2. The minimum absolute atomic E-state index is 0.368. The first-order valence-corrected chi connectivity index (χ1v) is 5.56. The van der Waals surface area contributed by atoms with E-state index in [4.69, 9.17) is 0 Å². The van der Waals surface area contributed by atoms with E-state index in [1.54, 1.807) is 0 Å². The van der Waals surface area contributed by atoms with E-state index in [0.29, 0.717) is 12.2 Å². The van der Waals surface area contributed by atoms with Crippen molar-refractivity contribution in [1.29, 1.82) is 0 Å². The Hall–Kier alpha value is -0.470. The predicted molar refractivity (Wildman–Crippen MR) is 64.1 cm³/mol. The molecule has 0 aliphatic heterocycles. The molecule has 0 heterocycles. The van der Waals surface area contributed by atoms with Gasteiger partial charge in [-0.15, -0.1) is 0 Å². The van der Waals surface area contributed by atoms with Crippen LogP contribution in [0.15, 0.2) is 12.1 Å². The average molecular weight is 210 g/mol. The van der Waals surface area contributed by atoms with Crippen LogP contribution in [0.2, 0.25) is 0 Å². The fraction of sp³-hybridized carbons (Fsp3) is 0.500. The highest BCUT2D eigenvalue weighted by Crippen LogP contribution is 2.25. The Balaban J connectivity index is 3.07. The Labute approximate surface area is 91.6 Å². The Bertz CT molecular complexity index is 297. The number of benzene rings is 1. The monoisotopic (exact) mass is 210 g/mol. The second-order valence-electron chi connectivity index (χ2n) is 3.84. The zero-order valence-corrected chi connectivity index (χ0v) is 9.94. The molecular weight excluding hydrogens is 192 g/mol. The smallest absolute Gasteiger partial charge is 0.0802 e. The molecule has 0 aromatic heterocycles. The fourth-order valence-corrected chi connectivity index (χ4v) is 2.23. The van der Waals surface area contributed by atoms with Gasteiger partial charge < -0.3 is 5.11 Å². The molecule has 1 unspecified atom stereocenters. The minimum atomic E-state index is -0.368. The van der Waals surface area contributed by atoms with Gasteiger partial charge in [0, 0.05) is 0 Å². The highest BCUT2D eigenvalue weighted by Gasteiger charge is 2.12. The van der Waals surface area contributed by atoms with Crippen molar-refractivity contribution in [2.75, 3.05) is 5.75 Å². The molecule has 0 bridgehead atoms. The van der Waals surface area contributed by atoms with Crippen molar-refractivity contribution in [2.24, 2.45) is 0 Å². The molecule has 0 saturated heterocycles. The highest BCUT2D eigenvalue weighted by atomic mass is 32.1. The summed E-state index contributed by atoms with van der Waals surface area (Å²) in [7, 11) is 0. The molecule has 14 heavy (non-hydrogen) atoms. The van der Waals surface area contributed by atoms with Crippen LogP contribution in [-0.4, -0.2) is 10.9 Å². The molecule has 0 radical (unpaired) electrons. The van der Waals surface area contributed by atoms with Gasteiger partial charge in [-0.05, 0) is 49.6 Å². The molecule has 1 aromatic carbocycles. The van der Waals surface area contributed by atoms with Crippen LogP contribution >= 0.6 is 12.6 Å². The zero-order chi connectivity index (χ0) is 10.7. The molecular formula is C12H18OS. The molecule has 1 N–H and O–H groups in total.